The highest BCUT2D eigenvalue weighted by atomic mass is 32.1. The van der Waals surface area contributed by atoms with E-state index in [9.17, 15) is 9.59 Å². The number of carbonyl (C=O) groups is 1. The second-order valence-electron chi connectivity index (χ2n) is 7.62. The van der Waals surface area contributed by atoms with Crippen molar-refractivity contribution < 1.29 is 4.79 Å². The van der Waals surface area contributed by atoms with Crippen LogP contribution >= 0.6 is 22.7 Å². The molecule has 0 radical (unpaired) electrons. The van der Waals surface area contributed by atoms with E-state index < -0.39 is 0 Å². The van der Waals surface area contributed by atoms with Crippen LogP contribution in [0.3, 0.4) is 0 Å². The van der Waals surface area contributed by atoms with Gasteiger partial charge in [-0.15, -0.1) is 22.7 Å². The number of aryl methyl sites for hydroxylation is 1. The topological polar surface area (TPSA) is 78.1 Å². The highest BCUT2D eigenvalue weighted by Gasteiger charge is 2.21. The Balaban J connectivity index is 1.57. The summed E-state index contributed by atoms with van der Waals surface area (Å²) < 4.78 is 0. The molecular weight excluding hydrogens is 428 g/mol. The zero-order chi connectivity index (χ0) is 22.0. The highest BCUT2D eigenvalue weighted by Crippen LogP contribution is 2.28. The lowest BCUT2D eigenvalue weighted by atomic mass is 10.1. The number of H-pyrrole nitrogens is 1. The first kappa shape index (κ1) is 21.4. The number of likely N-dealkylation sites (N-methyl/N-ethyl adjacent to an activating group) is 1. The predicted molar refractivity (Wildman–Crippen MR) is 127 cm³/mol. The maximum Gasteiger partial charge on any atom is 0.261 e. The molecule has 31 heavy (non-hydrogen) atoms. The van der Waals surface area contributed by atoms with Gasteiger partial charge in [-0.1, -0.05) is 36.4 Å². The lowest BCUT2D eigenvalue weighted by Gasteiger charge is -2.23. The number of hydrogen-bond acceptors (Lipinski definition) is 6. The van der Waals surface area contributed by atoms with Crippen molar-refractivity contribution in [3.05, 3.63) is 84.9 Å². The van der Waals surface area contributed by atoms with Crippen molar-refractivity contribution in [3.8, 4) is 0 Å². The molecule has 3 aromatic heterocycles. The van der Waals surface area contributed by atoms with Gasteiger partial charge < -0.3 is 15.2 Å². The molecule has 1 amide bonds. The number of rotatable bonds is 7. The summed E-state index contributed by atoms with van der Waals surface area (Å²) in [5.41, 5.74) is 1.54. The second kappa shape index (κ2) is 9.13. The molecule has 1 atom stereocenters. The molecule has 0 saturated heterocycles. The molecule has 0 fully saturated rings. The van der Waals surface area contributed by atoms with E-state index in [1.165, 1.54) is 16.2 Å². The normalized spacial score (nSPS) is 12.4. The van der Waals surface area contributed by atoms with Crippen LogP contribution < -0.4 is 10.9 Å². The van der Waals surface area contributed by atoms with Gasteiger partial charge in [-0.3, -0.25) is 9.59 Å². The molecule has 0 aliphatic rings. The summed E-state index contributed by atoms with van der Waals surface area (Å²) >= 11 is 2.95. The van der Waals surface area contributed by atoms with Crippen LogP contribution in [0.15, 0.2) is 52.6 Å². The summed E-state index contributed by atoms with van der Waals surface area (Å²) in [6.45, 7) is 2.30. The van der Waals surface area contributed by atoms with Crippen LogP contribution in [0.4, 0.5) is 0 Å². The third-order valence-electron chi connectivity index (χ3n) is 5.22. The van der Waals surface area contributed by atoms with Crippen molar-refractivity contribution in [2.24, 2.45) is 0 Å². The molecule has 0 bridgehead atoms. The zero-order valence-corrected chi connectivity index (χ0v) is 19.3. The maximum atomic E-state index is 13.0. The van der Waals surface area contributed by atoms with Gasteiger partial charge in [0.05, 0.1) is 16.3 Å². The molecule has 4 aromatic rings. The van der Waals surface area contributed by atoms with Gasteiger partial charge >= 0.3 is 0 Å². The van der Waals surface area contributed by atoms with E-state index in [0.717, 1.165) is 5.56 Å². The molecule has 160 valence electrons. The van der Waals surface area contributed by atoms with Crippen molar-refractivity contribution >= 4 is 38.8 Å². The van der Waals surface area contributed by atoms with E-state index in [1.807, 2.05) is 62.8 Å². The Morgan fingerprint density at radius 1 is 1.19 bits per heavy atom. The summed E-state index contributed by atoms with van der Waals surface area (Å²) in [7, 11) is 4.00. The lowest BCUT2D eigenvalue weighted by molar-refractivity contribution is 0.0946. The lowest BCUT2D eigenvalue weighted by Crippen LogP contribution is -2.34. The number of nitrogens with one attached hydrogen (secondary N) is 2. The molecule has 2 N–H and O–H groups in total. The number of nitrogens with zero attached hydrogens (tertiary/aromatic N) is 2. The molecule has 8 heteroatoms. The Morgan fingerprint density at radius 2 is 1.97 bits per heavy atom. The highest BCUT2D eigenvalue weighted by molar-refractivity contribution is 7.20. The number of fused-ring (bicyclic) bond motifs is 1. The molecule has 0 saturated carbocycles. The fourth-order valence-electron chi connectivity index (χ4n) is 3.57. The number of carbonyl (C=O) groups excluding carboxylic acids is 1. The van der Waals surface area contributed by atoms with Crippen LogP contribution in [0.2, 0.25) is 0 Å². The van der Waals surface area contributed by atoms with Gasteiger partial charge in [-0.25, -0.2) is 4.98 Å². The summed E-state index contributed by atoms with van der Waals surface area (Å²) in [5.74, 6) is 0.426. The third kappa shape index (κ3) is 4.61. The van der Waals surface area contributed by atoms with Crippen LogP contribution in [-0.2, 0) is 6.42 Å². The monoisotopic (exact) mass is 452 g/mol. The standard InChI is InChI=1S/C23H24N4O2S2/c1-14-19-21(28)25-18(12-15-8-5-4-6-9-15)26-23(19)31-20(14)22(29)24-13-16(27(2)3)17-10-7-11-30-17/h4-11,16H,12-13H2,1-3H3,(H,24,29)(H,25,26,28). The Hall–Kier alpha value is -2.81. The predicted octanol–water partition coefficient (Wildman–Crippen LogP) is 3.98. The summed E-state index contributed by atoms with van der Waals surface area (Å²) in [6.07, 6.45) is 0.538. The quantitative estimate of drug-likeness (QED) is 0.445. The average molecular weight is 453 g/mol. The van der Waals surface area contributed by atoms with E-state index >= 15 is 0 Å². The van der Waals surface area contributed by atoms with Gasteiger partial charge in [0, 0.05) is 17.8 Å². The number of benzene rings is 1. The Kier molecular flexibility index (Phi) is 6.31. The summed E-state index contributed by atoms with van der Waals surface area (Å²) in [4.78, 5) is 37.6. The van der Waals surface area contributed by atoms with Crippen molar-refractivity contribution in [1.29, 1.82) is 0 Å². The fraction of sp³-hybridized carbons (Fsp3) is 0.261. The van der Waals surface area contributed by atoms with E-state index in [4.69, 9.17) is 0 Å². The van der Waals surface area contributed by atoms with Gasteiger partial charge in [0.2, 0.25) is 0 Å². The maximum absolute atomic E-state index is 13.0. The fourth-order valence-corrected chi connectivity index (χ4v) is 5.61. The van der Waals surface area contributed by atoms with Crippen LogP contribution in [0.25, 0.3) is 10.2 Å². The van der Waals surface area contributed by atoms with Crippen LogP contribution in [0.5, 0.6) is 0 Å². The molecule has 6 nitrogen and oxygen atoms in total. The number of thiophene rings is 2. The first-order chi connectivity index (χ1) is 14.9. The molecule has 0 spiro atoms. The molecule has 0 aliphatic carbocycles. The van der Waals surface area contributed by atoms with Crippen molar-refractivity contribution in [3.63, 3.8) is 0 Å². The minimum absolute atomic E-state index is 0.0950. The summed E-state index contributed by atoms with van der Waals surface area (Å²) in [6, 6.07) is 14.0. The molecule has 3 heterocycles. The smallest absolute Gasteiger partial charge is 0.261 e. The molecule has 1 aromatic carbocycles. The SMILES string of the molecule is Cc1c(C(=O)NCC(c2cccs2)N(C)C)sc2nc(Cc3ccccc3)[nH]c(=O)c12. The third-order valence-corrected chi connectivity index (χ3v) is 7.38. The molecular formula is C23H24N4O2S2. The Morgan fingerprint density at radius 3 is 2.65 bits per heavy atom. The van der Waals surface area contributed by atoms with Crippen molar-refractivity contribution in [2.45, 2.75) is 19.4 Å². The van der Waals surface area contributed by atoms with E-state index in [0.29, 0.717) is 39.4 Å². The number of aromatic amines is 1. The van der Waals surface area contributed by atoms with Gasteiger partial charge in [0.1, 0.15) is 10.7 Å². The minimum Gasteiger partial charge on any atom is -0.349 e. The second-order valence-corrected chi connectivity index (χ2v) is 9.59. The summed E-state index contributed by atoms with van der Waals surface area (Å²) in [5, 5.41) is 5.57. The van der Waals surface area contributed by atoms with Crippen LogP contribution in [0.1, 0.15) is 37.5 Å². The molecule has 4 rings (SSSR count). The van der Waals surface area contributed by atoms with E-state index in [-0.39, 0.29) is 17.5 Å². The number of aromatic nitrogens is 2. The molecule has 1 unspecified atom stereocenters. The zero-order valence-electron chi connectivity index (χ0n) is 17.6. The van der Waals surface area contributed by atoms with Gasteiger partial charge in [-0.2, -0.15) is 0 Å². The Labute approximate surface area is 188 Å². The largest absolute Gasteiger partial charge is 0.349 e. The van der Waals surface area contributed by atoms with Gasteiger partial charge in [-0.05, 0) is 43.6 Å². The first-order valence-electron chi connectivity index (χ1n) is 9.98. The van der Waals surface area contributed by atoms with Gasteiger partial charge in [0.15, 0.2) is 0 Å². The van der Waals surface area contributed by atoms with Gasteiger partial charge in [0.25, 0.3) is 11.5 Å². The van der Waals surface area contributed by atoms with Crippen LogP contribution in [0, 0.1) is 6.92 Å². The molecule has 0 aliphatic heterocycles. The number of hydrogen-bond donors (Lipinski definition) is 2. The first-order valence-corrected chi connectivity index (χ1v) is 11.7. The minimum atomic E-state index is -0.200. The van der Waals surface area contributed by atoms with E-state index in [1.54, 1.807) is 11.3 Å². The van der Waals surface area contributed by atoms with Crippen LogP contribution in [-0.4, -0.2) is 41.4 Å². The number of amides is 1. The van der Waals surface area contributed by atoms with Crippen molar-refractivity contribution in [2.75, 3.05) is 20.6 Å². The average Bonchev–Trinajstić information content (AvgIpc) is 3.37. The van der Waals surface area contributed by atoms with Crippen molar-refractivity contribution in [1.82, 2.24) is 20.2 Å². The Bertz CT molecular complexity index is 1240. The van der Waals surface area contributed by atoms with E-state index in [2.05, 4.69) is 26.3 Å².